The first-order valence-electron chi connectivity index (χ1n) is 13.0. The van der Waals surface area contributed by atoms with Gasteiger partial charge in [-0.3, -0.25) is 4.79 Å². The molecule has 0 bridgehead atoms. The Hall–Kier alpha value is -1.35. The van der Waals surface area contributed by atoms with Gasteiger partial charge in [0.05, 0.1) is 20.6 Å². The predicted octanol–water partition coefficient (Wildman–Crippen LogP) is 8.23. The Morgan fingerprint density at radius 2 is 1.03 bits per heavy atom. The van der Waals surface area contributed by atoms with Crippen LogP contribution in [0.2, 0.25) is 0 Å². The zero-order chi connectivity index (χ0) is 23.0. The van der Waals surface area contributed by atoms with Gasteiger partial charge in [-0.2, -0.15) is 0 Å². The Bertz CT molecular complexity index is 487. The summed E-state index contributed by atoms with van der Waals surface area (Å²) in [7, 11) is 4.75. The molecule has 0 amide bonds. The Morgan fingerprint density at radius 3 is 1.42 bits per heavy atom. The SMILES string of the molecule is CCCCCCCCCCCCCCCCCC[N+](C)(C)Cc1ccccc1.O=CO. The Balaban J connectivity index is 0.00000282. The number of carboxylic acid groups (broad SMARTS) is 1. The van der Waals surface area contributed by atoms with Crippen LogP contribution in [0.5, 0.6) is 0 Å². The van der Waals surface area contributed by atoms with Crippen molar-refractivity contribution >= 4 is 6.47 Å². The molecule has 180 valence electrons. The first-order valence-corrected chi connectivity index (χ1v) is 13.0. The Labute approximate surface area is 193 Å². The van der Waals surface area contributed by atoms with Crippen LogP contribution >= 0.6 is 0 Å². The molecular formula is C28H52NO2+. The summed E-state index contributed by atoms with van der Waals surface area (Å²) in [6.07, 6.45) is 23.2. The van der Waals surface area contributed by atoms with E-state index in [4.69, 9.17) is 9.90 Å². The van der Waals surface area contributed by atoms with Gasteiger partial charge in [0.1, 0.15) is 6.54 Å². The van der Waals surface area contributed by atoms with Crippen LogP contribution in [0.25, 0.3) is 0 Å². The molecule has 0 unspecified atom stereocenters. The Kier molecular flexibility index (Phi) is 20.9. The zero-order valence-corrected chi connectivity index (χ0v) is 21.0. The summed E-state index contributed by atoms with van der Waals surface area (Å²) in [5, 5.41) is 6.89. The number of unbranched alkanes of at least 4 members (excludes halogenated alkanes) is 15. The summed E-state index contributed by atoms with van der Waals surface area (Å²) in [6.45, 7) is 4.50. The molecule has 1 rings (SSSR count). The fourth-order valence-electron chi connectivity index (χ4n) is 4.24. The van der Waals surface area contributed by atoms with Crippen LogP contribution in [0.1, 0.15) is 115 Å². The van der Waals surface area contributed by atoms with E-state index in [1.54, 1.807) is 0 Å². The van der Waals surface area contributed by atoms with Gasteiger partial charge in [0.25, 0.3) is 6.47 Å². The average Bonchev–Trinajstić information content (AvgIpc) is 2.74. The topological polar surface area (TPSA) is 37.3 Å². The smallest absolute Gasteiger partial charge is 0.290 e. The van der Waals surface area contributed by atoms with Crippen molar-refractivity contribution in [3.05, 3.63) is 35.9 Å². The van der Waals surface area contributed by atoms with Crippen LogP contribution in [0.15, 0.2) is 30.3 Å². The third-order valence-corrected chi connectivity index (χ3v) is 6.07. The van der Waals surface area contributed by atoms with Crippen LogP contribution in [0, 0.1) is 0 Å². The molecule has 0 fully saturated rings. The van der Waals surface area contributed by atoms with E-state index in [-0.39, 0.29) is 6.47 Å². The van der Waals surface area contributed by atoms with E-state index in [9.17, 15) is 0 Å². The van der Waals surface area contributed by atoms with E-state index in [1.807, 2.05) is 0 Å². The summed E-state index contributed by atoms with van der Waals surface area (Å²) in [5.41, 5.74) is 1.46. The van der Waals surface area contributed by atoms with E-state index < -0.39 is 0 Å². The number of nitrogens with zero attached hydrogens (tertiary/aromatic N) is 1. The van der Waals surface area contributed by atoms with Crippen molar-refractivity contribution in [3.63, 3.8) is 0 Å². The van der Waals surface area contributed by atoms with E-state index in [0.29, 0.717) is 0 Å². The van der Waals surface area contributed by atoms with Gasteiger partial charge in [0.15, 0.2) is 0 Å². The standard InChI is InChI=1S/C27H50N.CH2O2/c1-4-5-6-7-8-9-10-11-12-13-14-15-16-17-18-22-25-28(2,3)26-27-23-20-19-21-24-27;2-1-3/h19-21,23-24H,4-18,22,25-26H2,1-3H3;1H,(H,2,3)/q+1;. The van der Waals surface area contributed by atoms with Gasteiger partial charge in [0.2, 0.25) is 0 Å². The normalized spacial score (nSPS) is 11.1. The summed E-state index contributed by atoms with van der Waals surface area (Å²) in [6, 6.07) is 10.9. The minimum absolute atomic E-state index is 0.250. The van der Waals surface area contributed by atoms with E-state index >= 15 is 0 Å². The maximum absolute atomic E-state index is 8.36. The first kappa shape index (κ1) is 29.7. The molecule has 31 heavy (non-hydrogen) atoms. The minimum atomic E-state index is -0.250. The van der Waals surface area contributed by atoms with Crippen molar-refractivity contribution in [2.24, 2.45) is 0 Å². The number of hydrogen-bond acceptors (Lipinski definition) is 1. The molecule has 0 saturated heterocycles. The molecule has 3 heteroatoms. The highest BCUT2D eigenvalue weighted by Crippen LogP contribution is 2.15. The van der Waals surface area contributed by atoms with Gasteiger partial charge in [0, 0.05) is 5.56 Å². The first-order chi connectivity index (χ1) is 15.1. The highest BCUT2D eigenvalue weighted by molar-refractivity contribution is 5.32. The fourth-order valence-corrected chi connectivity index (χ4v) is 4.24. The molecule has 0 spiro atoms. The minimum Gasteiger partial charge on any atom is -0.483 e. The van der Waals surface area contributed by atoms with Crippen LogP contribution in [-0.4, -0.2) is 36.7 Å². The summed E-state index contributed by atoms with van der Waals surface area (Å²) < 4.78 is 1.11. The molecule has 0 aliphatic carbocycles. The summed E-state index contributed by atoms with van der Waals surface area (Å²) >= 11 is 0. The number of quaternary nitrogens is 1. The monoisotopic (exact) mass is 434 g/mol. The fraction of sp³-hybridized carbons (Fsp3) is 0.750. The van der Waals surface area contributed by atoms with Gasteiger partial charge in [-0.15, -0.1) is 0 Å². The van der Waals surface area contributed by atoms with Crippen molar-refractivity contribution in [3.8, 4) is 0 Å². The molecular weight excluding hydrogens is 382 g/mol. The van der Waals surface area contributed by atoms with Crippen molar-refractivity contribution < 1.29 is 14.4 Å². The number of carbonyl (C=O) groups is 1. The quantitative estimate of drug-likeness (QED) is 0.135. The largest absolute Gasteiger partial charge is 0.483 e. The maximum Gasteiger partial charge on any atom is 0.290 e. The third-order valence-electron chi connectivity index (χ3n) is 6.07. The summed E-state index contributed by atoms with van der Waals surface area (Å²) in [4.78, 5) is 8.36. The zero-order valence-electron chi connectivity index (χ0n) is 21.0. The summed E-state index contributed by atoms with van der Waals surface area (Å²) in [5.74, 6) is 0. The van der Waals surface area contributed by atoms with Crippen molar-refractivity contribution in [1.82, 2.24) is 0 Å². The average molecular weight is 435 g/mol. The van der Waals surface area contributed by atoms with Crippen LogP contribution in [-0.2, 0) is 11.3 Å². The second-order valence-corrected chi connectivity index (χ2v) is 9.71. The molecule has 0 aliphatic rings. The molecule has 0 saturated carbocycles. The lowest BCUT2D eigenvalue weighted by Crippen LogP contribution is -2.39. The van der Waals surface area contributed by atoms with E-state index in [0.717, 1.165) is 11.0 Å². The Morgan fingerprint density at radius 1 is 0.677 bits per heavy atom. The van der Waals surface area contributed by atoms with Crippen molar-refractivity contribution in [2.45, 2.75) is 116 Å². The molecule has 0 radical (unpaired) electrons. The molecule has 3 nitrogen and oxygen atoms in total. The lowest BCUT2D eigenvalue weighted by Gasteiger charge is -2.30. The van der Waals surface area contributed by atoms with E-state index in [1.165, 1.54) is 115 Å². The predicted molar refractivity (Wildman–Crippen MR) is 135 cm³/mol. The molecule has 0 aliphatic heterocycles. The van der Waals surface area contributed by atoms with Gasteiger partial charge in [-0.05, 0) is 12.8 Å². The third kappa shape index (κ3) is 21.7. The van der Waals surface area contributed by atoms with Crippen molar-refractivity contribution in [1.29, 1.82) is 0 Å². The van der Waals surface area contributed by atoms with Crippen LogP contribution < -0.4 is 0 Å². The number of rotatable bonds is 19. The molecule has 0 atom stereocenters. The number of benzene rings is 1. The van der Waals surface area contributed by atoms with Gasteiger partial charge in [-0.1, -0.05) is 127 Å². The van der Waals surface area contributed by atoms with Crippen LogP contribution in [0.4, 0.5) is 0 Å². The molecule has 0 aromatic heterocycles. The highest BCUT2D eigenvalue weighted by atomic mass is 16.3. The van der Waals surface area contributed by atoms with Gasteiger partial charge in [-0.25, -0.2) is 0 Å². The second kappa shape index (κ2) is 21.9. The molecule has 0 heterocycles. The highest BCUT2D eigenvalue weighted by Gasteiger charge is 2.14. The van der Waals surface area contributed by atoms with Crippen molar-refractivity contribution in [2.75, 3.05) is 20.6 Å². The van der Waals surface area contributed by atoms with Gasteiger partial charge >= 0.3 is 0 Å². The number of hydrogen-bond donors (Lipinski definition) is 1. The van der Waals surface area contributed by atoms with Crippen LogP contribution in [0.3, 0.4) is 0 Å². The molecule has 1 N–H and O–H groups in total. The lowest BCUT2D eigenvalue weighted by atomic mass is 10.0. The lowest BCUT2D eigenvalue weighted by molar-refractivity contribution is -0.903. The second-order valence-electron chi connectivity index (χ2n) is 9.71. The van der Waals surface area contributed by atoms with Gasteiger partial charge < -0.3 is 9.59 Å². The maximum atomic E-state index is 8.36. The van der Waals surface area contributed by atoms with E-state index in [2.05, 4.69) is 51.4 Å². The molecule has 1 aromatic rings. The molecule has 1 aromatic carbocycles.